The number of nitro groups is 1. The first-order chi connectivity index (χ1) is 16.2. The zero-order valence-electron chi connectivity index (χ0n) is 18.2. The third-order valence-electron chi connectivity index (χ3n) is 5.51. The standard InChI is InChI=1S/C21H22N4O8S/c1-2-32-21(27)18-5-6-20(33-18)34(30,31)24-11-9-22(10-12-24)19(26)14-23-8-7-15-13-16(25(28)29)3-4-17(15)23/h3-8,13H,2,9-12,14H2,1H3. The average molecular weight is 490 g/mol. The summed E-state index contributed by atoms with van der Waals surface area (Å²) in [6.07, 6.45) is 1.69. The number of aromatic nitrogens is 1. The molecule has 2 aromatic heterocycles. The maximum absolute atomic E-state index is 12.9. The number of sulfonamides is 1. The Balaban J connectivity index is 1.39. The van der Waals surface area contributed by atoms with E-state index in [1.807, 2.05) is 0 Å². The topological polar surface area (TPSA) is 145 Å². The van der Waals surface area contributed by atoms with Crippen LogP contribution < -0.4 is 0 Å². The van der Waals surface area contributed by atoms with Gasteiger partial charge in [-0.25, -0.2) is 13.2 Å². The number of piperazine rings is 1. The summed E-state index contributed by atoms with van der Waals surface area (Å²) in [4.78, 5) is 36.6. The fourth-order valence-corrected chi connectivity index (χ4v) is 5.09. The van der Waals surface area contributed by atoms with Crippen molar-refractivity contribution in [2.45, 2.75) is 18.6 Å². The Bertz CT molecular complexity index is 1350. The van der Waals surface area contributed by atoms with Crippen LogP contribution >= 0.6 is 0 Å². The molecule has 180 valence electrons. The van der Waals surface area contributed by atoms with Gasteiger partial charge in [-0.1, -0.05) is 0 Å². The van der Waals surface area contributed by atoms with Crippen LogP contribution in [0.4, 0.5) is 5.69 Å². The van der Waals surface area contributed by atoms with Gasteiger partial charge in [-0.15, -0.1) is 0 Å². The second-order valence-corrected chi connectivity index (χ2v) is 9.44. The molecule has 0 aliphatic carbocycles. The Morgan fingerprint density at radius 1 is 1.12 bits per heavy atom. The number of nitro benzene ring substituents is 1. The van der Waals surface area contributed by atoms with Gasteiger partial charge in [-0.05, 0) is 31.2 Å². The molecule has 1 amide bonds. The molecule has 1 fully saturated rings. The highest BCUT2D eigenvalue weighted by Gasteiger charge is 2.33. The van der Waals surface area contributed by atoms with Crippen LogP contribution in [0.25, 0.3) is 10.9 Å². The summed E-state index contributed by atoms with van der Waals surface area (Å²) in [5, 5.41) is 11.2. The van der Waals surface area contributed by atoms with Gasteiger partial charge >= 0.3 is 5.97 Å². The summed E-state index contributed by atoms with van der Waals surface area (Å²) in [6.45, 7) is 2.31. The molecule has 0 radical (unpaired) electrons. The van der Waals surface area contributed by atoms with Gasteiger partial charge in [0, 0.05) is 55.4 Å². The molecule has 4 rings (SSSR count). The summed E-state index contributed by atoms with van der Waals surface area (Å²) >= 11 is 0. The highest BCUT2D eigenvalue weighted by Crippen LogP contribution is 2.23. The van der Waals surface area contributed by atoms with Crippen molar-refractivity contribution in [3.05, 3.63) is 58.5 Å². The van der Waals surface area contributed by atoms with E-state index in [2.05, 4.69) is 0 Å². The number of hydrogen-bond acceptors (Lipinski definition) is 8. The zero-order chi connectivity index (χ0) is 24.5. The van der Waals surface area contributed by atoms with Gasteiger partial charge in [-0.2, -0.15) is 4.31 Å². The van der Waals surface area contributed by atoms with Gasteiger partial charge in [0.2, 0.25) is 16.8 Å². The molecule has 13 heteroatoms. The minimum atomic E-state index is -3.97. The lowest BCUT2D eigenvalue weighted by atomic mass is 10.2. The maximum atomic E-state index is 12.9. The molecule has 0 bridgehead atoms. The molecule has 1 aromatic carbocycles. The molecule has 0 atom stereocenters. The van der Waals surface area contributed by atoms with Crippen molar-refractivity contribution < 1.29 is 32.1 Å². The number of carbonyl (C=O) groups excluding carboxylic acids is 2. The van der Waals surface area contributed by atoms with Crippen LogP contribution in [0.2, 0.25) is 0 Å². The van der Waals surface area contributed by atoms with Crippen molar-refractivity contribution in [3.8, 4) is 0 Å². The van der Waals surface area contributed by atoms with Gasteiger partial charge in [0.25, 0.3) is 15.7 Å². The first-order valence-corrected chi connectivity index (χ1v) is 11.9. The van der Waals surface area contributed by atoms with E-state index in [4.69, 9.17) is 9.15 Å². The van der Waals surface area contributed by atoms with Crippen LogP contribution in [0.1, 0.15) is 17.5 Å². The minimum Gasteiger partial charge on any atom is -0.460 e. The molecular weight excluding hydrogens is 468 g/mol. The number of benzene rings is 1. The Morgan fingerprint density at radius 3 is 2.53 bits per heavy atom. The smallest absolute Gasteiger partial charge is 0.374 e. The molecule has 0 N–H and O–H groups in total. The fourth-order valence-electron chi connectivity index (χ4n) is 3.76. The van der Waals surface area contributed by atoms with E-state index in [9.17, 15) is 28.1 Å². The van der Waals surface area contributed by atoms with Gasteiger partial charge in [0.05, 0.1) is 11.5 Å². The summed E-state index contributed by atoms with van der Waals surface area (Å²) < 4.78 is 38.6. The van der Waals surface area contributed by atoms with Crippen LogP contribution in [0, 0.1) is 10.1 Å². The molecule has 3 heterocycles. The van der Waals surface area contributed by atoms with Crippen LogP contribution in [-0.4, -0.2) is 71.8 Å². The molecular formula is C21H22N4O8S. The van der Waals surface area contributed by atoms with Crippen LogP contribution in [0.3, 0.4) is 0 Å². The second kappa shape index (κ2) is 9.27. The quantitative estimate of drug-likeness (QED) is 0.277. The molecule has 0 saturated carbocycles. The van der Waals surface area contributed by atoms with Crippen LogP contribution in [0.5, 0.6) is 0 Å². The van der Waals surface area contributed by atoms with Crippen molar-refractivity contribution in [2.75, 3.05) is 32.8 Å². The predicted molar refractivity (Wildman–Crippen MR) is 119 cm³/mol. The van der Waals surface area contributed by atoms with E-state index in [-0.39, 0.29) is 61.8 Å². The van der Waals surface area contributed by atoms with E-state index < -0.39 is 20.9 Å². The SMILES string of the molecule is CCOC(=O)c1ccc(S(=O)(=O)N2CCN(C(=O)Cn3ccc4cc([N+](=O)[O-])ccc43)CC2)o1. The van der Waals surface area contributed by atoms with E-state index in [1.165, 1.54) is 28.6 Å². The average Bonchev–Trinajstić information content (AvgIpc) is 3.47. The third-order valence-corrected chi connectivity index (χ3v) is 7.29. The number of rotatable bonds is 7. The lowest BCUT2D eigenvalue weighted by molar-refractivity contribution is -0.384. The number of amides is 1. The zero-order valence-corrected chi connectivity index (χ0v) is 19.1. The number of non-ortho nitro benzene ring substituents is 1. The predicted octanol–water partition coefficient (Wildman–Crippen LogP) is 1.85. The van der Waals surface area contributed by atoms with E-state index >= 15 is 0 Å². The minimum absolute atomic E-state index is 0.0230. The Morgan fingerprint density at radius 2 is 1.85 bits per heavy atom. The molecule has 0 spiro atoms. The van der Waals surface area contributed by atoms with Gasteiger partial charge in [-0.3, -0.25) is 14.9 Å². The lowest BCUT2D eigenvalue weighted by Crippen LogP contribution is -2.51. The van der Waals surface area contributed by atoms with Crippen molar-refractivity contribution in [3.63, 3.8) is 0 Å². The Kier molecular flexibility index (Phi) is 6.39. The Hall–Kier alpha value is -3.71. The first-order valence-electron chi connectivity index (χ1n) is 10.5. The number of hydrogen-bond donors (Lipinski definition) is 0. The molecule has 0 unspecified atom stereocenters. The van der Waals surface area contributed by atoms with E-state index in [1.54, 1.807) is 34.7 Å². The molecule has 34 heavy (non-hydrogen) atoms. The largest absolute Gasteiger partial charge is 0.460 e. The number of fused-ring (bicyclic) bond motifs is 1. The third kappa shape index (κ3) is 4.52. The molecule has 1 aliphatic heterocycles. The number of ether oxygens (including phenoxy) is 1. The highest BCUT2D eigenvalue weighted by atomic mass is 32.2. The number of carbonyl (C=O) groups is 2. The molecule has 1 aliphatic rings. The van der Waals surface area contributed by atoms with Crippen LogP contribution in [0.15, 0.2) is 52.1 Å². The molecule has 12 nitrogen and oxygen atoms in total. The summed E-state index contributed by atoms with van der Waals surface area (Å²) in [5.41, 5.74) is 0.662. The van der Waals surface area contributed by atoms with Crippen LogP contribution in [-0.2, 0) is 26.1 Å². The Labute approximate surface area is 194 Å². The second-order valence-electron chi connectivity index (χ2n) is 7.57. The van der Waals surface area contributed by atoms with Crippen molar-refractivity contribution in [1.29, 1.82) is 0 Å². The van der Waals surface area contributed by atoms with E-state index in [0.717, 1.165) is 0 Å². The van der Waals surface area contributed by atoms with Gasteiger partial charge in [0.1, 0.15) is 6.54 Å². The summed E-state index contributed by atoms with van der Waals surface area (Å²) in [7, 11) is -3.97. The maximum Gasteiger partial charge on any atom is 0.374 e. The fraction of sp³-hybridized carbons (Fsp3) is 0.333. The monoisotopic (exact) mass is 490 g/mol. The lowest BCUT2D eigenvalue weighted by Gasteiger charge is -2.33. The summed E-state index contributed by atoms with van der Waals surface area (Å²) in [6, 6.07) is 8.59. The highest BCUT2D eigenvalue weighted by molar-refractivity contribution is 7.89. The van der Waals surface area contributed by atoms with Gasteiger partial charge < -0.3 is 18.6 Å². The number of furan rings is 1. The molecule has 1 saturated heterocycles. The number of nitrogens with zero attached hydrogens (tertiary/aromatic N) is 4. The molecule has 3 aromatic rings. The van der Waals surface area contributed by atoms with Crippen molar-refractivity contribution in [2.24, 2.45) is 0 Å². The number of esters is 1. The van der Waals surface area contributed by atoms with E-state index in [0.29, 0.717) is 10.9 Å². The van der Waals surface area contributed by atoms with Crippen molar-refractivity contribution in [1.82, 2.24) is 13.8 Å². The normalized spacial score (nSPS) is 14.9. The van der Waals surface area contributed by atoms with Crippen molar-refractivity contribution >= 4 is 38.5 Å². The summed E-state index contributed by atoms with van der Waals surface area (Å²) in [5.74, 6) is -1.14. The first kappa shape index (κ1) is 23.4. The van der Waals surface area contributed by atoms with Gasteiger partial charge in [0.15, 0.2) is 0 Å².